The van der Waals surface area contributed by atoms with Crippen LogP contribution in [0.3, 0.4) is 0 Å². The van der Waals surface area contributed by atoms with Crippen molar-refractivity contribution in [3.05, 3.63) is 54.1 Å². The van der Waals surface area contributed by atoms with E-state index < -0.39 is 0 Å². The van der Waals surface area contributed by atoms with Crippen LogP contribution in [0.25, 0.3) is 11.1 Å². The summed E-state index contributed by atoms with van der Waals surface area (Å²) in [4.78, 5) is 17.1. The second-order valence-corrected chi connectivity index (χ2v) is 7.08. The van der Waals surface area contributed by atoms with E-state index in [4.69, 9.17) is 4.74 Å². The number of phenolic OH excluding ortho intramolecular Hbond substituents is 1. The third kappa shape index (κ3) is 4.62. The molecule has 0 aliphatic carbocycles. The van der Waals surface area contributed by atoms with Crippen molar-refractivity contribution in [2.45, 2.75) is 0 Å². The Labute approximate surface area is 154 Å². The second kappa shape index (κ2) is 8.34. The molecule has 1 saturated heterocycles. The van der Waals surface area contributed by atoms with Crippen LogP contribution in [0.2, 0.25) is 0 Å². The molecule has 5 nitrogen and oxygen atoms in total. The second-order valence-electron chi connectivity index (χ2n) is 7.08. The van der Waals surface area contributed by atoms with Gasteiger partial charge in [0, 0.05) is 31.1 Å². The molecule has 1 amide bonds. The molecule has 1 aliphatic rings. The summed E-state index contributed by atoms with van der Waals surface area (Å²) in [6.45, 7) is 3.49. The van der Waals surface area contributed by atoms with Gasteiger partial charge in [0.05, 0.1) is 13.2 Å². The van der Waals surface area contributed by atoms with Gasteiger partial charge in [-0.3, -0.25) is 4.79 Å². The lowest BCUT2D eigenvalue weighted by atomic mass is 10.0. The Bertz CT molecular complexity index is 743. The third-order valence-electron chi connectivity index (χ3n) is 4.56. The van der Waals surface area contributed by atoms with Gasteiger partial charge in [-0.2, -0.15) is 0 Å². The van der Waals surface area contributed by atoms with Gasteiger partial charge in [-0.15, -0.1) is 0 Å². The quantitative estimate of drug-likeness (QED) is 0.917. The van der Waals surface area contributed by atoms with E-state index in [2.05, 4.69) is 4.90 Å². The number of nitrogens with zero attached hydrogens (tertiary/aromatic N) is 2. The lowest BCUT2D eigenvalue weighted by Gasteiger charge is -2.25. The van der Waals surface area contributed by atoms with Gasteiger partial charge >= 0.3 is 0 Å². The molecule has 0 aromatic heterocycles. The fourth-order valence-corrected chi connectivity index (χ4v) is 3.36. The van der Waals surface area contributed by atoms with Gasteiger partial charge in [-0.1, -0.05) is 24.3 Å². The van der Waals surface area contributed by atoms with E-state index in [-0.39, 0.29) is 11.7 Å². The van der Waals surface area contributed by atoms with Gasteiger partial charge in [0.15, 0.2) is 0 Å². The van der Waals surface area contributed by atoms with Crippen molar-refractivity contribution in [1.29, 1.82) is 0 Å². The molecule has 1 N–H and O–H groups in total. The van der Waals surface area contributed by atoms with Crippen LogP contribution < -0.4 is 0 Å². The highest BCUT2D eigenvalue weighted by Gasteiger charge is 2.24. The standard InChI is InChI=1S/C21H26N2O3/c1-22(2)13-16-14-23(10-11-26-15-16)21(25)19-5-3-4-18(12-19)17-6-8-20(24)9-7-17/h3-9,12,16,24H,10-11,13-15H2,1-2H3. The third-order valence-corrected chi connectivity index (χ3v) is 4.56. The minimum atomic E-state index is 0.0416. The van der Waals surface area contributed by atoms with E-state index >= 15 is 0 Å². The molecule has 0 radical (unpaired) electrons. The Morgan fingerprint density at radius 3 is 2.69 bits per heavy atom. The molecule has 3 rings (SSSR count). The maximum atomic E-state index is 13.0. The van der Waals surface area contributed by atoms with Gasteiger partial charge in [-0.05, 0) is 49.5 Å². The molecule has 0 saturated carbocycles. The summed E-state index contributed by atoms with van der Waals surface area (Å²) in [5.74, 6) is 0.592. The number of carbonyl (C=O) groups is 1. The first kappa shape index (κ1) is 18.4. The number of hydrogen-bond acceptors (Lipinski definition) is 4. The number of ether oxygens (including phenoxy) is 1. The van der Waals surface area contributed by atoms with Gasteiger partial charge in [-0.25, -0.2) is 0 Å². The van der Waals surface area contributed by atoms with Crippen molar-refractivity contribution in [1.82, 2.24) is 9.80 Å². The highest BCUT2D eigenvalue weighted by atomic mass is 16.5. The van der Waals surface area contributed by atoms with Crippen LogP contribution in [-0.4, -0.2) is 67.8 Å². The van der Waals surface area contributed by atoms with Crippen molar-refractivity contribution < 1.29 is 14.6 Å². The van der Waals surface area contributed by atoms with E-state index in [9.17, 15) is 9.90 Å². The van der Waals surface area contributed by atoms with E-state index in [0.717, 1.165) is 17.7 Å². The number of hydrogen-bond donors (Lipinski definition) is 1. The summed E-state index contributed by atoms with van der Waals surface area (Å²) in [5, 5.41) is 9.45. The molecule has 1 atom stereocenters. The van der Waals surface area contributed by atoms with Crippen LogP contribution in [0.15, 0.2) is 48.5 Å². The maximum absolute atomic E-state index is 13.0. The lowest BCUT2D eigenvalue weighted by Crippen LogP contribution is -2.38. The lowest BCUT2D eigenvalue weighted by molar-refractivity contribution is 0.0735. The molecule has 2 aromatic rings. The molecular weight excluding hydrogens is 328 g/mol. The Balaban J connectivity index is 1.78. The van der Waals surface area contributed by atoms with Crippen molar-refractivity contribution in [2.75, 3.05) is 46.9 Å². The molecule has 0 spiro atoms. The average Bonchev–Trinajstić information content (AvgIpc) is 2.87. The van der Waals surface area contributed by atoms with Gasteiger partial charge < -0.3 is 19.6 Å². The Morgan fingerprint density at radius 2 is 1.96 bits per heavy atom. The summed E-state index contributed by atoms with van der Waals surface area (Å²) >= 11 is 0. The van der Waals surface area contributed by atoms with Crippen molar-refractivity contribution in [3.8, 4) is 16.9 Å². The Morgan fingerprint density at radius 1 is 1.19 bits per heavy atom. The minimum absolute atomic E-state index is 0.0416. The van der Waals surface area contributed by atoms with Crippen LogP contribution in [0, 0.1) is 5.92 Å². The molecule has 1 aliphatic heterocycles. The molecule has 1 unspecified atom stereocenters. The zero-order valence-corrected chi connectivity index (χ0v) is 15.4. The summed E-state index contributed by atoms with van der Waals surface area (Å²) in [5.41, 5.74) is 2.62. The van der Waals surface area contributed by atoms with Crippen molar-refractivity contribution in [3.63, 3.8) is 0 Å². The normalized spacial score (nSPS) is 18.0. The van der Waals surface area contributed by atoms with Crippen LogP contribution in [0.5, 0.6) is 5.75 Å². The summed E-state index contributed by atoms with van der Waals surface area (Å²) in [6, 6.07) is 14.7. The fraction of sp³-hybridized carbons (Fsp3) is 0.381. The Hall–Kier alpha value is -2.37. The molecular formula is C21H26N2O3. The zero-order chi connectivity index (χ0) is 18.5. The van der Waals surface area contributed by atoms with E-state index in [1.807, 2.05) is 55.4 Å². The first-order chi connectivity index (χ1) is 12.5. The smallest absolute Gasteiger partial charge is 0.253 e. The minimum Gasteiger partial charge on any atom is -0.508 e. The first-order valence-corrected chi connectivity index (χ1v) is 8.94. The molecule has 26 heavy (non-hydrogen) atoms. The first-order valence-electron chi connectivity index (χ1n) is 8.94. The van der Waals surface area contributed by atoms with Crippen LogP contribution >= 0.6 is 0 Å². The maximum Gasteiger partial charge on any atom is 0.253 e. The van der Waals surface area contributed by atoms with Crippen LogP contribution in [0.1, 0.15) is 10.4 Å². The van der Waals surface area contributed by atoms with Crippen molar-refractivity contribution in [2.24, 2.45) is 5.92 Å². The van der Waals surface area contributed by atoms with Gasteiger partial charge in [0.2, 0.25) is 0 Å². The van der Waals surface area contributed by atoms with E-state index in [1.165, 1.54) is 0 Å². The topological polar surface area (TPSA) is 53.0 Å². The number of rotatable bonds is 4. The predicted octanol–water partition coefficient (Wildman–Crippen LogP) is 2.71. The number of amides is 1. The highest BCUT2D eigenvalue weighted by molar-refractivity contribution is 5.95. The monoisotopic (exact) mass is 354 g/mol. The van der Waals surface area contributed by atoms with E-state index in [1.54, 1.807) is 12.1 Å². The molecule has 1 heterocycles. The SMILES string of the molecule is CN(C)CC1COCCN(C(=O)c2cccc(-c3ccc(O)cc3)c2)C1. The number of phenols is 1. The average molecular weight is 354 g/mol. The molecule has 138 valence electrons. The van der Waals surface area contributed by atoms with E-state index in [0.29, 0.717) is 37.8 Å². The fourth-order valence-electron chi connectivity index (χ4n) is 3.36. The molecule has 1 fully saturated rings. The summed E-state index contributed by atoms with van der Waals surface area (Å²) in [7, 11) is 4.08. The van der Waals surface area contributed by atoms with Crippen LogP contribution in [0.4, 0.5) is 0 Å². The number of benzene rings is 2. The molecule has 0 bridgehead atoms. The summed E-state index contributed by atoms with van der Waals surface area (Å²) < 4.78 is 5.68. The Kier molecular flexibility index (Phi) is 5.91. The summed E-state index contributed by atoms with van der Waals surface area (Å²) in [6.07, 6.45) is 0. The van der Waals surface area contributed by atoms with Crippen molar-refractivity contribution >= 4 is 5.91 Å². The van der Waals surface area contributed by atoms with Gasteiger partial charge in [0.1, 0.15) is 5.75 Å². The highest BCUT2D eigenvalue weighted by Crippen LogP contribution is 2.23. The molecule has 5 heteroatoms. The predicted molar refractivity (Wildman–Crippen MR) is 102 cm³/mol. The number of aromatic hydroxyl groups is 1. The van der Waals surface area contributed by atoms with Crippen LogP contribution in [-0.2, 0) is 4.74 Å². The zero-order valence-electron chi connectivity index (χ0n) is 15.4. The van der Waals surface area contributed by atoms with Gasteiger partial charge in [0.25, 0.3) is 5.91 Å². The molecule has 2 aromatic carbocycles. The largest absolute Gasteiger partial charge is 0.508 e. The number of carbonyl (C=O) groups excluding carboxylic acids is 1.